The number of amides is 1. The fourth-order valence-electron chi connectivity index (χ4n) is 2.05. The smallest absolute Gasteiger partial charge is 0.220 e. The summed E-state index contributed by atoms with van der Waals surface area (Å²) in [7, 11) is 1.70. The maximum Gasteiger partial charge on any atom is 0.220 e. The van der Waals surface area contributed by atoms with Crippen molar-refractivity contribution in [1.82, 2.24) is 10.6 Å². The summed E-state index contributed by atoms with van der Waals surface area (Å²) in [5, 5.41) is 6.40. The van der Waals surface area contributed by atoms with Crippen molar-refractivity contribution in [2.75, 3.05) is 26.8 Å². The van der Waals surface area contributed by atoms with Crippen LogP contribution in [0.1, 0.15) is 32.6 Å². The van der Waals surface area contributed by atoms with Gasteiger partial charge in [-0.3, -0.25) is 4.79 Å². The maximum absolute atomic E-state index is 11.4. The molecule has 1 heterocycles. The maximum atomic E-state index is 11.4. The van der Waals surface area contributed by atoms with E-state index in [0.717, 1.165) is 25.8 Å². The van der Waals surface area contributed by atoms with Gasteiger partial charge in [0.25, 0.3) is 0 Å². The molecule has 0 radical (unpaired) electrons. The minimum absolute atomic E-state index is 0.0296. The zero-order valence-electron chi connectivity index (χ0n) is 9.77. The van der Waals surface area contributed by atoms with Crippen LogP contribution in [-0.2, 0) is 9.53 Å². The number of methoxy groups -OCH3 is 1. The van der Waals surface area contributed by atoms with Crippen molar-refractivity contribution in [3.8, 4) is 0 Å². The highest BCUT2D eigenvalue weighted by Crippen LogP contribution is 2.18. The van der Waals surface area contributed by atoms with Gasteiger partial charge in [0.1, 0.15) is 0 Å². The second kappa shape index (κ2) is 6.08. The molecule has 88 valence electrons. The molecule has 0 aromatic heterocycles. The minimum atomic E-state index is -0.0296. The summed E-state index contributed by atoms with van der Waals surface area (Å²) >= 11 is 0. The first-order valence-corrected chi connectivity index (χ1v) is 5.73. The number of carbonyl (C=O) groups excluding carboxylic acids is 1. The summed E-state index contributed by atoms with van der Waals surface area (Å²) in [6.07, 6.45) is 3.75. The van der Waals surface area contributed by atoms with Gasteiger partial charge >= 0.3 is 0 Å². The number of hydrogen-bond acceptors (Lipinski definition) is 3. The average Bonchev–Trinajstić information content (AvgIpc) is 2.65. The molecule has 0 aromatic rings. The fraction of sp³-hybridized carbons (Fsp3) is 0.909. The van der Waals surface area contributed by atoms with E-state index in [1.54, 1.807) is 7.11 Å². The number of rotatable bonds is 6. The van der Waals surface area contributed by atoms with E-state index in [-0.39, 0.29) is 11.4 Å². The van der Waals surface area contributed by atoms with Crippen molar-refractivity contribution in [1.29, 1.82) is 0 Å². The van der Waals surface area contributed by atoms with Crippen LogP contribution in [0.3, 0.4) is 0 Å². The monoisotopic (exact) mass is 214 g/mol. The SMILES string of the molecule is CCCC(=O)NCC1(COC)CCCN1. The predicted molar refractivity (Wildman–Crippen MR) is 59.8 cm³/mol. The van der Waals surface area contributed by atoms with Gasteiger partial charge in [-0.2, -0.15) is 0 Å². The highest BCUT2D eigenvalue weighted by molar-refractivity contribution is 5.75. The molecular formula is C11H22N2O2. The van der Waals surface area contributed by atoms with Crippen LogP contribution in [0, 0.1) is 0 Å². The van der Waals surface area contributed by atoms with E-state index in [0.29, 0.717) is 19.6 Å². The summed E-state index contributed by atoms with van der Waals surface area (Å²) in [6, 6.07) is 0. The first-order valence-electron chi connectivity index (χ1n) is 5.73. The third-order valence-corrected chi connectivity index (χ3v) is 2.85. The Bertz CT molecular complexity index is 201. The Morgan fingerprint density at radius 1 is 1.60 bits per heavy atom. The average molecular weight is 214 g/mol. The summed E-state index contributed by atoms with van der Waals surface area (Å²) in [5.74, 6) is 0.140. The Balaban J connectivity index is 2.35. The summed E-state index contributed by atoms with van der Waals surface area (Å²) in [6.45, 7) is 4.38. The molecule has 0 saturated carbocycles. The Morgan fingerprint density at radius 3 is 2.93 bits per heavy atom. The molecule has 0 bridgehead atoms. The zero-order chi connectivity index (χ0) is 11.1. The van der Waals surface area contributed by atoms with Gasteiger partial charge in [0, 0.05) is 20.1 Å². The van der Waals surface area contributed by atoms with Crippen molar-refractivity contribution < 1.29 is 9.53 Å². The third-order valence-electron chi connectivity index (χ3n) is 2.85. The molecule has 1 saturated heterocycles. The van der Waals surface area contributed by atoms with Crippen LogP contribution in [0.25, 0.3) is 0 Å². The van der Waals surface area contributed by atoms with E-state index in [4.69, 9.17) is 4.74 Å². The molecule has 0 spiro atoms. The van der Waals surface area contributed by atoms with Crippen LogP contribution in [0.2, 0.25) is 0 Å². The first kappa shape index (κ1) is 12.5. The van der Waals surface area contributed by atoms with Crippen molar-refractivity contribution >= 4 is 5.91 Å². The molecule has 1 rings (SSSR count). The minimum Gasteiger partial charge on any atom is -0.383 e. The van der Waals surface area contributed by atoms with Gasteiger partial charge in [0.2, 0.25) is 5.91 Å². The highest BCUT2D eigenvalue weighted by Gasteiger charge is 2.33. The van der Waals surface area contributed by atoms with Crippen LogP contribution >= 0.6 is 0 Å². The quantitative estimate of drug-likeness (QED) is 0.683. The van der Waals surface area contributed by atoms with E-state index in [1.165, 1.54) is 0 Å². The summed E-state index contributed by atoms with van der Waals surface area (Å²) in [4.78, 5) is 11.4. The summed E-state index contributed by atoms with van der Waals surface area (Å²) in [5.41, 5.74) is -0.0296. The van der Waals surface area contributed by atoms with Gasteiger partial charge in [-0.05, 0) is 25.8 Å². The van der Waals surface area contributed by atoms with E-state index >= 15 is 0 Å². The molecule has 0 aliphatic carbocycles. The highest BCUT2D eigenvalue weighted by atomic mass is 16.5. The Kier molecular flexibility index (Phi) is 5.05. The molecule has 1 atom stereocenters. The molecule has 1 unspecified atom stereocenters. The lowest BCUT2D eigenvalue weighted by Crippen LogP contribution is -2.52. The van der Waals surface area contributed by atoms with E-state index in [2.05, 4.69) is 10.6 Å². The van der Waals surface area contributed by atoms with Gasteiger partial charge in [-0.25, -0.2) is 0 Å². The van der Waals surface area contributed by atoms with Crippen molar-refractivity contribution in [3.05, 3.63) is 0 Å². The molecular weight excluding hydrogens is 192 g/mol. The van der Waals surface area contributed by atoms with E-state index < -0.39 is 0 Å². The van der Waals surface area contributed by atoms with E-state index in [1.807, 2.05) is 6.92 Å². The van der Waals surface area contributed by atoms with Crippen LogP contribution in [0.15, 0.2) is 0 Å². The molecule has 4 heteroatoms. The standard InChI is InChI=1S/C11H22N2O2/c1-3-5-10(14)12-8-11(9-15-2)6-4-7-13-11/h13H,3-9H2,1-2H3,(H,12,14). The van der Waals surface area contributed by atoms with Crippen molar-refractivity contribution in [2.45, 2.75) is 38.1 Å². The van der Waals surface area contributed by atoms with Gasteiger partial charge < -0.3 is 15.4 Å². The molecule has 15 heavy (non-hydrogen) atoms. The second-order valence-electron chi connectivity index (χ2n) is 4.27. The van der Waals surface area contributed by atoms with Gasteiger partial charge in [0.15, 0.2) is 0 Å². The molecule has 0 aromatic carbocycles. The van der Waals surface area contributed by atoms with E-state index in [9.17, 15) is 4.79 Å². The fourth-order valence-corrected chi connectivity index (χ4v) is 2.05. The molecule has 1 fully saturated rings. The molecule has 1 aliphatic rings. The molecule has 1 amide bonds. The zero-order valence-corrected chi connectivity index (χ0v) is 9.77. The third kappa shape index (κ3) is 3.80. The first-order chi connectivity index (χ1) is 7.22. The normalized spacial score (nSPS) is 25.5. The molecule has 1 aliphatic heterocycles. The van der Waals surface area contributed by atoms with Crippen molar-refractivity contribution in [3.63, 3.8) is 0 Å². The lowest BCUT2D eigenvalue weighted by molar-refractivity contribution is -0.121. The largest absolute Gasteiger partial charge is 0.383 e. The van der Waals surface area contributed by atoms with Gasteiger partial charge in [-0.1, -0.05) is 6.92 Å². The Morgan fingerprint density at radius 2 is 2.40 bits per heavy atom. The topological polar surface area (TPSA) is 50.4 Å². The van der Waals surface area contributed by atoms with Gasteiger partial charge in [-0.15, -0.1) is 0 Å². The summed E-state index contributed by atoms with van der Waals surface area (Å²) < 4.78 is 5.21. The molecule has 4 nitrogen and oxygen atoms in total. The number of carbonyl (C=O) groups is 1. The number of ether oxygens (including phenoxy) is 1. The lowest BCUT2D eigenvalue weighted by atomic mass is 9.98. The van der Waals surface area contributed by atoms with Gasteiger partial charge in [0.05, 0.1) is 12.1 Å². The number of nitrogens with one attached hydrogen (secondary N) is 2. The Hall–Kier alpha value is -0.610. The van der Waals surface area contributed by atoms with Crippen LogP contribution in [0.5, 0.6) is 0 Å². The van der Waals surface area contributed by atoms with Crippen LogP contribution < -0.4 is 10.6 Å². The lowest BCUT2D eigenvalue weighted by Gasteiger charge is -2.28. The van der Waals surface area contributed by atoms with Crippen molar-refractivity contribution in [2.24, 2.45) is 0 Å². The predicted octanol–water partition coefficient (Wildman–Crippen LogP) is 0.671. The van der Waals surface area contributed by atoms with Crippen LogP contribution in [-0.4, -0.2) is 38.3 Å². The number of hydrogen-bond donors (Lipinski definition) is 2. The second-order valence-corrected chi connectivity index (χ2v) is 4.27. The van der Waals surface area contributed by atoms with Crippen LogP contribution in [0.4, 0.5) is 0 Å². The molecule has 2 N–H and O–H groups in total. The Labute approximate surface area is 91.8 Å².